The Morgan fingerprint density at radius 3 is 1.44 bits per heavy atom. The van der Waals surface area contributed by atoms with Crippen LogP contribution in [0.25, 0.3) is 0 Å². The Morgan fingerprint density at radius 2 is 1.19 bits per heavy atom. The molecule has 7 nitrogen and oxygen atoms in total. The fraction of sp³-hybridized carbons (Fsp3) is 0.857. The number of carbonyl (C=O) groups is 1. The van der Waals surface area contributed by atoms with Crippen LogP contribution in [0.15, 0.2) is 0 Å². The second kappa shape index (κ2) is 6.28. The summed E-state index contributed by atoms with van der Waals surface area (Å²) in [5.41, 5.74) is 0. The highest BCUT2D eigenvalue weighted by Gasteiger charge is 2.22. The third-order valence-electron chi connectivity index (χ3n) is 1.27. The van der Waals surface area contributed by atoms with Gasteiger partial charge >= 0.3 is 0 Å². The molecule has 0 rings (SSSR count). The molecule has 0 atom stereocenters. The minimum Gasteiger partial charge on any atom is -0.297 e. The largest absolute Gasteiger partial charge is 0.297 e. The lowest BCUT2D eigenvalue weighted by molar-refractivity contribution is -0.114. The van der Waals surface area contributed by atoms with E-state index >= 15 is 0 Å². The molecule has 0 amide bonds. The molecule has 0 aromatic rings. The van der Waals surface area contributed by atoms with Crippen molar-refractivity contribution in [3.05, 3.63) is 0 Å². The SMILES string of the molecule is CCOS(=O)(=O)CC(=O)CS(=O)(=O)OCC. The van der Waals surface area contributed by atoms with Crippen LogP contribution in [-0.2, 0) is 33.4 Å². The zero-order valence-corrected chi connectivity index (χ0v) is 10.6. The van der Waals surface area contributed by atoms with Gasteiger partial charge in [-0.25, -0.2) is 0 Å². The van der Waals surface area contributed by atoms with E-state index in [1.807, 2.05) is 0 Å². The third kappa shape index (κ3) is 6.88. The first-order valence-electron chi connectivity index (χ1n) is 4.48. The van der Waals surface area contributed by atoms with Gasteiger partial charge in [-0.05, 0) is 13.8 Å². The van der Waals surface area contributed by atoms with Crippen molar-refractivity contribution in [1.82, 2.24) is 0 Å². The Bertz CT molecular complexity index is 380. The van der Waals surface area contributed by atoms with Crippen LogP contribution in [0.5, 0.6) is 0 Å². The van der Waals surface area contributed by atoms with Crippen molar-refractivity contribution in [2.75, 3.05) is 24.7 Å². The number of carbonyl (C=O) groups excluding carboxylic acids is 1. The molecule has 0 bridgehead atoms. The Kier molecular flexibility index (Phi) is 6.08. The van der Waals surface area contributed by atoms with Gasteiger partial charge in [0.05, 0.1) is 13.2 Å². The minimum atomic E-state index is -3.99. The van der Waals surface area contributed by atoms with Crippen LogP contribution in [0.4, 0.5) is 0 Å². The van der Waals surface area contributed by atoms with E-state index in [4.69, 9.17) is 0 Å². The van der Waals surface area contributed by atoms with Crippen molar-refractivity contribution in [3.8, 4) is 0 Å². The maximum absolute atomic E-state index is 11.1. The highest BCUT2D eigenvalue weighted by Crippen LogP contribution is 1.98. The maximum Gasteiger partial charge on any atom is 0.274 e. The molecule has 0 aromatic heterocycles. The minimum absolute atomic E-state index is 0.103. The second-order valence-corrected chi connectivity index (χ2v) is 6.04. The van der Waals surface area contributed by atoms with Crippen molar-refractivity contribution >= 4 is 26.0 Å². The Labute approximate surface area is 95.0 Å². The molecular formula is C7H14O7S2. The van der Waals surface area contributed by atoms with E-state index in [1.165, 1.54) is 13.8 Å². The summed E-state index contributed by atoms with van der Waals surface area (Å²) in [6.45, 7) is 2.68. The van der Waals surface area contributed by atoms with E-state index in [0.29, 0.717) is 0 Å². The molecule has 0 spiro atoms. The zero-order chi connectivity index (χ0) is 12.8. The summed E-state index contributed by atoms with van der Waals surface area (Å²) in [7, 11) is -7.98. The Morgan fingerprint density at radius 1 is 0.875 bits per heavy atom. The average Bonchev–Trinajstić information content (AvgIpc) is 1.99. The molecule has 0 aromatic carbocycles. The normalized spacial score (nSPS) is 12.6. The van der Waals surface area contributed by atoms with Crippen LogP contribution in [-0.4, -0.2) is 47.3 Å². The molecular weight excluding hydrogens is 260 g/mol. The predicted octanol–water partition coefficient (Wildman–Crippen LogP) is -0.712. The van der Waals surface area contributed by atoms with Gasteiger partial charge in [0, 0.05) is 0 Å². The molecule has 0 aliphatic carbocycles. The first-order valence-corrected chi connectivity index (χ1v) is 7.63. The van der Waals surface area contributed by atoms with Gasteiger partial charge in [-0.1, -0.05) is 0 Å². The molecule has 0 aliphatic rings. The van der Waals surface area contributed by atoms with E-state index in [9.17, 15) is 21.6 Å². The molecule has 0 N–H and O–H groups in total. The monoisotopic (exact) mass is 274 g/mol. The third-order valence-corrected chi connectivity index (χ3v) is 3.81. The van der Waals surface area contributed by atoms with Gasteiger partial charge in [-0.15, -0.1) is 0 Å². The quantitative estimate of drug-likeness (QED) is 0.538. The van der Waals surface area contributed by atoms with E-state index in [-0.39, 0.29) is 13.2 Å². The molecule has 9 heteroatoms. The molecule has 0 aliphatic heterocycles. The van der Waals surface area contributed by atoms with Crippen LogP contribution >= 0.6 is 0 Å². The summed E-state index contributed by atoms with van der Waals surface area (Å²) in [5.74, 6) is -2.91. The van der Waals surface area contributed by atoms with Gasteiger partial charge in [-0.2, -0.15) is 16.8 Å². The van der Waals surface area contributed by atoms with Gasteiger partial charge in [-0.3, -0.25) is 13.2 Å². The van der Waals surface area contributed by atoms with Gasteiger partial charge in [0.1, 0.15) is 11.5 Å². The lowest BCUT2D eigenvalue weighted by atomic mass is 10.5. The number of rotatable bonds is 8. The highest BCUT2D eigenvalue weighted by molar-refractivity contribution is 7.89. The number of Topliss-reactive ketones (excluding diaryl/α,β-unsaturated/α-hetero) is 1. The summed E-state index contributed by atoms with van der Waals surface area (Å²) in [6.07, 6.45) is 0. The van der Waals surface area contributed by atoms with Gasteiger partial charge < -0.3 is 0 Å². The molecule has 0 saturated carbocycles. The van der Waals surface area contributed by atoms with Gasteiger partial charge in [0.2, 0.25) is 0 Å². The summed E-state index contributed by atoms with van der Waals surface area (Å²) in [4.78, 5) is 11.1. The van der Waals surface area contributed by atoms with Crippen molar-refractivity contribution in [3.63, 3.8) is 0 Å². The molecule has 0 unspecified atom stereocenters. The fourth-order valence-electron chi connectivity index (χ4n) is 0.878. The summed E-state index contributed by atoms with van der Waals surface area (Å²) >= 11 is 0. The predicted molar refractivity (Wildman–Crippen MR) is 55.8 cm³/mol. The lowest BCUT2D eigenvalue weighted by Gasteiger charge is -2.03. The number of hydrogen-bond donors (Lipinski definition) is 0. The Hall–Kier alpha value is -0.510. The molecule has 96 valence electrons. The van der Waals surface area contributed by atoms with E-state index in [0.717, 1.165) is 0 Å². The lowest BCUT2D eigenvalue weighted by Crippen LogP contribution is -2.26. The molecule has 16 heavy (non-hydrogen) atoms. The number of hydrogen-bond acceptors (Lipinski definition) is 7. The van der Waals surface area contributed by atoms with Crippen LogP contribution in [0.3, 0.4) is 0 Å². The van der Waals surface area contributed by atoms with Crippen molar-refractivity contribution < 1.29 is 30.0 Å². The van der Waals surface area contributed by atoms with E-state index < -0.39 is 37.5 Å². The molecule has 0 saturated heterocycles. The van der Waals surface area contributed by atoms with Crippen molar-refractivity contribution in [2.45, 2.75) is 13.8 Å². The molecule has 0 fully saturated rings. The molecule has 0 radical (unpaired) electrons. The van der Waals surface area contributed by atoms with Crippen LogP contribution in [0.1, 0.15) is 13.8 Å². The number of ketones is 1. The van der Waals surface area contributed by atoms with Crippen LogP contribution in [0.2, 0.25) is 0 Å². The smallest absolute Gasteiger partial charge is 0.274 e. The summed E-state index contributed by atoms with van der Waals surface area (Å²) in [5, 5.41) is 0. The van der Waals surface area contributed by atoms with Crippen molar-refractivity contribution in [1.29, 1.82) is 0 Å². The highest BCUT2D eigenvalue weighted by atomic mass is 32.2. The Balaban J connectivity index is 4.41. The maximum atomic E-state index is 11.1. The summed E-state index contributed by atoms with van der Waals surface area (Å²) < 4.78 is 52.6. The van der Waals surface area contributed by atoms with Gasteiger partial charge in [0.15, 0.2) is 5.78 Å². The van der Waals surface area contributed by atoms with Crippen LogP contribution in [0, 0.1) is 0 Å². The standard InChI is InChI=1S/C7H14O7S2/c1-3-13-15(9,10)5-7(8)6-16(11,12)14-4-2/h3-6H2,1-2H3. The summed E-state index contributed by atoms with van der Waals surface area (Å²) in [6, 6.07) is 0. The van der Waals surface area contributed by atoms with E-state index in [2.05, 4.69) is 8.37 Å². The topological polar surface area (TPSA) is 104 Å². The van der Waals surface area contributed by atoms with Gasteiger partial charge in [0.25, 0.3) is 20.2 Å². The van der Waals surface area contributed by atoms with E-state index in [1.54, 1.807) is 0 Å². The molecule has 0 heterocycles. The average molecular weight is 274 g/mol. The zero-order valence-electron chi connectivity index (χ0n) is 9.00. The second-order valence-electron chi connectivity index (χ2n) is 2.76. The van der Waals surface area contributed by atoms with Crippen LogP contribution < -0.4 is 0 Å². The first kappa shape index (κ1) is 15.5. The fourth-order valence-corrected chi connectivity index (χ4v) is 2.89. The van der Waals surface area contributed by atoms with Crippen molar-refractivity contribution in [2.24, 2.45) is 0 Å². The first-order chi connectivity index (χ1) is 7.22.